The Balaban J connectivity index is 2.66. The lowest BCUT2D eigenvalue weighted by Crippen LogP contribution is -2.47. The average molecular weight is 358 g/mol. The molecule has 2 nitrogen and oxygen atoms in total. The first-order valence-corrected chi connectivity index (χ1v) is 8.49. The maximum atomic E-state index is 13.1. The summed E-state index contributed by atoms with van der Waals surface area (Å²) in [7, 11) is 0. The molecule has 0 aliphatic heterocycles. The average Bonchev–Trinajstić information content (AvgIpc) is 2.41. The molecule has 1 rings (SSSR count). The maximum Gasteiger partial charge on any atom is 0.431 e. The summed E-state index contributed by atoms with van der Waals surface area (Å²) in [5, 5.41) is 0. The number of halogens is 5. The van der Waals surface area contributed by atoms with Crippen molar-refractivity contribution < 1.29 is 31.5 Å². The molecule has 1 saturated carbocycles. The molecule has 1 aliphatic carbocycles. The number of hydrogen-bond donors (Lipinski definition) is 0. The van der Waals surface area contributed by atoms with Crippen molar-refractivity contribution >= 4 is 5.97 Å². The maximum absolute atomic E-state index is 13.1. The molecule has 0 amide bonds. The van der Waals surface area contributed by atoms with Crippen LogP contribution in [0, 0.1) is 23.7 Å². The molecule has 0 N–H and O–H groups in total. The molecule has 1 fully saturated rings. The minimum absolute atomic E-state index is 0.109. The molecule has 5 atom stereocenters. The van der Waals surface area contributed by atoms with Crippen LogP contribution in [0.4, 0.5) is 22.0 Å². The van der Waals surface area contributed by atoms with Crippen molar-refractivity contribution in [3.8, 4) is 0 Å². The van der Waals surface area contributed by atoms with E-state index in [1.165, 1.54) is 6.92 Å². The van der Waals surface area contributed by atoms with Gasteiger partial charge in [-0.15, -0.1) is 0 Å². The van der Waals surface area contributed by atoms with E-state index in [1.807, 2.05) is 0 Å². The number of hydrogen-bond acceptors (Lipinski definition) is 2. The zero-order valence-electron chi connectivity index (χ0n) is 14.6. The highest BCUT2D eigenvalue weighted by Gasteiger charge is 2.56. The Kier molecular flexibility index (Phi) is 7.05. The van der Waals surface area contributed by atoms with E-state index in [0.717, 1.165) is 25.7 Å². The summed E-state index contributed by atoms with van der Waals surface area (Å²) in [4.78, 5) is 11.9. The lowest BCUT2D eigenvalue weighted by molar-refractivity contribution is -0.274. The number of rotatable bonds is 6. The van der Waals surface area contributed by atoms with Gasteiger partial charge in [0.15, 0.2) is 0 Å². The molecule has 0 aromatic rings. The minimum atomic E-state index is -5.29. The van der Waals surface area contributed by atoms with Crippen molar-refractivity contribution in [1.82, 2.24) is 0 Å². The third kappa shape index (κ3) is 6.20. The van der Waals surface area contributed by atoms with Crippen molar-refractivity contribution in [2.24, 2.45) is 23.7 Å². The zero-order valence-corrected chi connectivity index (χ0v) is 14.6. The van der Waals surface area contributed by atoms with E-state index in [9.17, 15) is 26.7 Å². The van der Waals surface area contributed by atoms with Crippen LogP contribution in [0.25, 0.3) is 0 Å². The Morgan fingerprint density at radius 2 is 1.67 bits per heavy atom. The first-order chi connectivity index (χ1) is 10.8. The molecule has 5 unspecified atom stereocenters. The number of alkyl halides is 5. The summed E-state index contributed by atoms with van der Waals surface area (Å²) in [5.41, 5.74) is 0. The van der Waals surface area contributed by atoms with Crippen molar-refractivity contribution in [3.05, 3.63) is 0 Å². The largest absolute Gasteiger partial charge is 0.446 e. The Morgan fingerprint density at radius 1 is 1.12 bits per heavy atom. The number of ether oxygens (including phenoxy) is 1. The molecule has 0 saturated heterocycles. The third-order valence-corrected chi connectivity index (χ3v) is 4.80. The molecule has 1 aliphatic rings. The van der Waals surface area contributed by atoms with Crippen molar-refractivity contribution in [2.75, 3.05) is 0 Å². The van der Waals surface area contributed by atoms with Crippen molar-refractivity contribution in [2.45, 2.75) is 78.0 Å². The Bertz CT molecular complexity index is 402. The van der Waals surface area contributed by atoms with Gasteiger partial charge in [-0.05, 0) is 43.4 Å². The van der Waals surface area contributed by atoms with Gasteiger partial charge in [-0.25, -0.2) is 8.78 Å². The van der Waals surface area contributed by atoms with Gasteiger partial charge in [0.1, 0.15) is 0 Å². The van der Waals surface area contributed by atoms with Gasteiger partial charge in [0, 0.05) is 6.92 Å². The first kappa shape index (κ1) is 21.2. The van der Waals surface area contributed by atoms with Gasteiger partial charge in [0.2, 0.25) is 0 Å². The van der Waals surface area contributed by atoms with Crippen LogP contribution in [-0.2, 0) is 9.53 Å². The summed E-state index contributed by atoms with van der Waals surface area (Å²) in [6.07, 6.45) is -4.35. The van der Waals surface area contributed by atoms with E-state index >= 15 is 0 Å². The molecule has 0 spiro atoms. The second kappa shape index (κ2) is 8.00. The highest BCUT2D eigenvalue weighted by atomic mass is 19.4. The smallest absolute Gasteiger partial charge is 0.431 e. The van der Waals surface area contributed by atoms with Crippen LogP contribution in [0.15, 0.2) is 0 Å². The van der Waals surface area contributed by atoms with Crippen LogP contribution in [0.2, 0.25) is 0 Å². The van der Waals surface area contributed by atoms with E-state index in [1.54, 1.807) is 0 Å². The van der Waals surface area contributed by atoms with Gasteiger partial charge < -0.3 is 4.74 Å². The van der Waals surface area contributed by atoms with Crippen LogP contribution in [0.1, 0.15) is 59.8 Å². The quantitative estimate of drug-likeness (QED) is 0.456. The number of carbonyl (C=O) groups excluding carboxylic acids is 1. The number of esters is 1. The van der Waals surface area contributed by atoms with E-state index in [4.69, 9.17) is 0 Å². The number of carbonyl (C=O) groups is 1. The van der Waals surface area contributed by atoms with E-state index < -0.39 is 30.1 Å². The van der Waals surface area contributed by atoms with Gasteiger partial charge in [0.25, 0.3) is 12.0 Å². The monoisotopic (exact) mass is 358 g/mol. The second-order valence-electron chi connectivity index (χ2n) is 7.40. The molecule has 142 valence electrons. The molecular weight excluding hydrogens is 331 g/mol. The van der Waals surface area contributed by atoms with Crippen molar-refractivity contribution in [3.63, 3.8) is 0 Å². The molecule has 24 heavy (non-hydrogen) atoms. The van der Waals surface area contributed by atoms with Gasteiger partial charge >= 0.3 is 12.1 Å². The Labute approximate surface area is 140 Å². The molecule has 7 heteroatoms. The lowest BCUT2D eigenvalue weighted by Gasteiger charge is -2.34. The van der Waals surface area contributed by atoms with Gasteiger partial charge in [0.05, 0.1) is 5.92 Å². The lowest BCUT2D eigenvalue weighted by atomic mass is 9.72. The molecule has 0 bridgehead atoms. The van der Waals surface area contributed by atoms with Crippen LogP contribution in [0.3, 0.4) is 0 Å². The van der Waals surface area contributed by atoms with Crippen LogP contribution in [0.5, 0.6) is 0 Å². The fourth-order valence-corrected chi connectivity index (χ4v) is 3.71. The fourth-order valence-electron chi connectivity index (χ4n) is 3.71. The van der Waals surface area contributed by atoms with Crippen molar-refractivity contribution in [1.29, 1.82) is 0 Å². The summed E-state index contributed by atoms with van der Waals surface area (Å²) in [5.74, 6) is -4.94. The van der Waals surface area contributed by atoms with E-state index in [-0.39, 0.29) is 12.8 Å². The summed E-state index contributed by atoms with van der Waals surface area (Å²) in [6, 6.07) is 0. The Morgan fingerprint density at radius 3 is 2.12 bits per heavy atom. The summed E-state index contributed by atoms with van der Waals surface area (Å²) < 4.78 is 68.4. The third-order valence-electron chi connectivity index (χ3n) is 4.80. The molecular formula is C17H27F5O2. The second-order valence-corrected chi connectivity index (χ2v) is 7.40. The summed E-state index contributed by atoms with van der Waals surface area (Å²) in [6.45, 7) is 5.77. The molecule has 0 aromatic carbocycles. The molecule has 0 aromatic heterocycles. The van der Waals surface area contributed by atoms with E-state index in [2.05, 4.69) is 18.6 Å². The minimum Gasteiger partial charge on any atom is -0.446 e. The van der Waals surface area contributed by atoms with E-state index in [0.29, 0.717) is 18.3 Å². The normalized spacial score (nSPS) is 28.3. The highest BCUT2D eigenvalue weighted by Crippen LogP contribution is 2.39. The topological polar surface area (TPSA) is 26.3 Å². The standard InChI is InChI=1S/C17H27F5O2/c1-5-12-6-10(2)7-13(9-12)8-11(3)14(23)24-15(16(4,18)19)17(20,21)22/h10-13,15H,5-9H2,1-4H3. The van der Waals surface area contributed by atoms with Gasteiger partial charge in [-0.1, -0.05) is 27.2 Å². The van der Waals surface area contributed by atoms with Crippen LogP contribution in [-0.4, -0.2) is 24.2 Å². The predicted molar refractivity (Wildman–Crippen MR) is 80.6 cm³/mol. The molecule has 0 heterocycles. The summed E-state index contributed by atoms with van der Waals surface area (Å²) >= 11 is 0. The Hall–Kier alpha value is -0.880. The highest BCUT2D eigenvalue weighted by molar-refractivity contribution is 5.72. The molecule has 0 radical (unpaired) electrons. The van der Waals surface area contributed by atoms with Gasteiger partial charge in [-0.3, -0.25) is 4.79 Å². The SMILES string of the molecule is CCC1CC(C)CC(CC(C)C(=O)OC(C(C)(F)F)C(F)(F)F)C1. The first-order valence-electron chi connectivity index (χ1n) is 8.49. The predicted octanol–water partition coefficient (Wildman–Crippen LogP) is 5.60. The van der Waals surface area contributed by atoms with Crippen LogP contribution < -0.4 is 0 Å². The van der Waals surface area contributed by atoms with Gasteiger partial charge in [-0.2, -0.15) is 13.2 Å². The fraction of sp³-hybridized carbons (Fsp3) is 0.941. The van der Waals surface area contributed by atoms with Crippen LogP contribution >= 0.6 is 0 Å². The zero-order chi connectivity index (χ0) is 18.7.